The molecule has 0 unspecified atom stereocenters. The first-order valence-corrected chi connectivity index (χ1v) is 7.28. The third kappa shape index (κ3) is 3.56. The van der Waals surface area contributed by atoms with Crippen LogP contribution in [0.4, 0.5) is 13.2 Å². The van der Waals surface area contributed by atoms with Gasteiger partial charge in [0.05, 0.1) is 0 Å². The van der Waals surface area contributed by atoms with Crippen molar-refractivity contribution in [2.24, 2.45) is 5.73 Å². The zero-order valence-electron chi connectivity index (χ0n) is 12.1. The van der Waals surface area contributed by atoms with Crippen LogP contribution in [0.15, 0.2) is 36.4 Å². The van der Waals surface area contributed by atoms with Crippen molar-refractivity contribution in [3.63, 3.8) is 0 Å². The summed E-state index contributed by atoms with van der Waals surface area (Å²) in [6, 6.07) is 8.59. The fourth-order valence-corrected chi connectivity index (χ4v) is 2.62. The fourth-order valence-electron chi connectivity index (χ4n) is 2.62. The Hall–Kier alpha value is -1.55. The lowest BCUT2D eigenvalue weighted by Gasteiger charge is -2.19. The monoisotopic (exact) mass is 295 g/mol. The van der Waals surface area contributed by atoms with Gasteiger partial charge in [0.15, 0.2) is 0 Å². The van der Waals surface area contributed by atoms with Gasteiger partial charge in [-0.05, 0) is 34.7 Å². The van der Waals surface area contributed by atoms with E-state index in [1.165, 1.54) is 6.07 Å². The third-order valence-electron chi connectivity index (χ3n) is 3.79. The van der Waals surface area contributed by atoms with Crippen LogP contribution in [0.5, 0.6) is 0 Å². The summed E-state index contributed by atoms with van der Waals surface area (Å²) in [4.78, 5) is 0. The molecule has 0 spiro atoms. The molecule has 21 heavy (non-hydrogen) atoms. The highest BCUT2D eigenvalue weighted by Gasteiger charge is 2.38. The topological polar surface area (TPSA) is 26.0 Å². The van der Waals surface area contributed by atoms with Crippen molar-refractivity contribution in [3.05, 3.63) is 47.5 Å². The van der Waals surface area contributed by atoms with E-state index in [1.807, 2.05) is 12.1 Å². The zero-order valence-corrected chi connectivity index (χ0v) is 12.1. The van der Waals surface area contributed by atoms with Crippen LogP contribution in [0.25, 0.3) is 10.8 Å². The molecule has 4 heteroatoms. The number of aryl methyl sites for hydroxylation is 1. The van der Waals surface area contributed by atoms with Crippen molar-refractivity contribution in [2.45, 2.75) is 44.8 Å². The minimum Gasteiger partial charge on any atom is -0.316 e. The molecule has 2 rings (SSSR count). The van der Waals surface area contributed by atoms with Crippen LogP contribution in [0.2, 0.25) is 0 Å². The Bertz CT molecular complexity index is 604. The average Bonchev–Trinajstić information content (AvgIpc) is 2.46. The van der Waals surface area contributed by atoms with Crippen LogP contribution in [0, 0.1) is 0 Å². The lowest BCUT2D eigenvalue weighted by molar-refractivity contribution is -0.148. The Kier molecular flexibility index (Phi) is 4.88. The molecular weight excluding hydrogens is 275 g/mol. The summed E-state index contributed by atoms with van der Waals surface area (Å²) in [6.45, 7) is 2.13. The fraction of sp³-hybridized carbons (Fsp3) is 0.412. The van der Waals surface area contributed by atoms with Crippen molar-refractivity contribution in [2.75, 3.05) is 0 Å². The Balaban J connectivity index is 2.44. The van der Waals surface area contributed by atoms with Gasteiger partial charge in [-0.2, -0.15) is 13.2 Å². The molecule has 0 radical (unpaired) electrons. The van der Waals surface area contributed by atoms with E-state index in [0.717, 1.165) is 36.6 Å². The maximum Gasteiger partial charge on any atom is 0.407 e. The standard InChI is InChI=1S/C17H20F3N/c1-2-3-4-7-12-10-11-15(16(21)17(18,19)20)14-9-6-5-8-13(12)14/h5-6,8-11,16H,2-4,7,21H2,1H3/t16-/m0/s1. The van der Waals surface area contributed by atoms with Gasteiger partial charge in [0.25, 0.3) is 0 Å². The summed E-state index contributed by atoms with van der Waals surface area (Å²) < 4.78 is 38.7. The molecule has 2 aromatic rings. The molecule has 114 valence electrons. The van der Waals surface area contributed by atoms with E-state index in [0.29, 0.717) is 5.39 Å². The van der Waals surface area contributed by atoms with E-state index in [1.54, 1.807) is 18.2 Å². The second-order valence-corrected chi connectivity index (χ2v) is 5.34. The van der Waals surface area contributed by atoms with Gasteiger partial charge in [-0.1, -0.05) is 56.2 Å². The molecule has 0 heterocycles. The number of alkyl halides is 3. The van der Waals surface area contributed by atoms with E-state index in [2.05, 4.69) is 6.92 Å². The van der Waals surface area contributed by atoms with Crippen molar-refractivity contribution in [3.8, 4) is 0 Å². The largest absolute Gasteiger partial charge is 0.407 e. The van der Waals surface area contributed by atoms with Gasteiger partial charge >= 0.3 is 6.18 Å². The van der Waals surface area contributed by atoms with Crippen LogP contribution < -0.4 is 5.73 Å². The normalized spacial score (nSPS) is 13.6. The SMILES string of the molecule is CCCCCc1ccc([C@H](N)C(F)(F)F)c2ccccc12. The highest BCUT2D eigenvalue weighted by molar-refractivity contribution is 5.89. The smallest absolute Gasteiger partial charge is 0.316 e. The van der Waals surface area contributed by atoms with Gasteiger partial charge in [0.1, 0.15) is 6.04 Å². The summed E-state index contributed by atoms with van der Waals surface area (Å²) in [5.74, 6) is 0. The van der Waals surface area contributed by atoms with E-state index in [-0.39, 0.29) is 5.56 Å². The number of benzene rings is 2. The van der Waals surface area contributed by atoms with Crippen LogP contribution in [0.3, 0.4) is 0 Å². The molecule has 0 aromatic heterocycles. The summed E-state index contributed by atoms with van der Waals surface area (Å²) in [5, 5.41) is 1.49. The first-order valence-electron chi connectivity index (χ1n) is 7.28. The maximum atomic E-state index is 12.9. The van der Waals surface area contributed by atoms with Gasteiger partial charge < -0.3 is 5.73 Å². The molecule has 0 saturated heterocycles. The quantitative estimate of drug-likeness (QED) is 0.760. The van der Waals surface area contributed by atoms with Gasteiger partial charge in [-0.25, -0.2) is 0 Å². The molecule has 0 amide bonds. The molecule has 0 bridgehead atoms. The van der Waals surface area contributed by atoms with Crippen LogP contribution >= 0.6 is 0 Å². The number of halogens is 3. The van der Waals surface area contributed by atoms with E-state index in [9.17, 15) is 13.2 Å². The minimum atomic E-state index is -4.42. The van der Waals surface area contributed by atoms with E-state index in [4.69, 9.17) is 5.73 Å². The molecule has 2 N–H and O–H groups in total. The molecule has 0 aliphatic rings. The molecule has 0 aliphatic carbocycles. The highest BCUT2D eigenvalue weighted by atomic mass is 19.4. The predicted octanol–water partition coefficient (Wildman–Crippen LogP) is 5.13. The lowest BCUT2D eigenvalue weighted by atomic mass is 9.93. The van der Waals surface area contributed by atoms with Crippen LogP contribution in [-0.4, -0.2) is 6.18 Å². The lowest BCUT2D eigenvalue weighted by Crippen LogP contribution is -2.28. The van der Waals surface area contributed by atoms with Gasteiger partial charge in [-0.3, -0.25) is 0 Å². The van der Waals surface area contributed by atoms with Gasteiger partial charge in [0.2, 0.25) is 0 Å². The molecule has 1 atom stereocenters. The van der Waals surface area contributed by atoms with Crippen molar-refractivity contribution >= 4 is 10.8 Å². The number of nitrogens with two attached hydrogens (primary N) is 1. The summed E-state index contributed by atoms with van der Waals surface area (Å²) in [5.41, 5.74) is 6.63. The molecular formula is C17H20F3N. The Morgan fingerprint density at radius 2 is 1.67 bits per heavy atom. The summed E-state index contributed by atoms with van der Waals surface area (Å²) in [6.07, 6.45) is -0.249. The summed E-state index contributed by atoms with van der Waals surface area (Å²) in [7, 11) is 0. The number of unbranched alkanes of at least 4 members (excludes halogenated alkanes) is 2. The van der Waals surface area contributed by atoms with Crippen molar-refractivity contribution in [1.29, 1.82) is 0 Å². The third-order valence-corrected chi connectivity index (χ3v) is 3.79. The maximum absolute atomic E-state index is 12.9. The Morgan fingerprint density at radius 1 is 1.00 bits per heavy atom. The predicted molar refractivity (Wildman–Crippen MR) is 80.2 cm³/mol. The van der Waals surface area contributed by atoms with E-state index < -0.39 is 12.2 Å². The van der Waals surface area contributed by atoms with Crippen LogP contribution in [-0.2, 0) is 6.42 Å². The number of hydrogen-bond acceptors (Lipinski definition) is 1. The number of fused-ring (bicyclic) bond motifs is 1. The van der Waals surface area contributed by atoms with Gasteiger partial charge in [-0.15, -0.1) is 0 Å². The van der Waals surface area contributed by atoms with E-state index >= 15 is 0 Å². The molecule has 0 saturated carbocycles. The van der Waals surface area contributed by atoms with Crippen molar-refractivity contribution in [1.82, 2.24) is 0 Å². The highest BCUT2D eigenvalue weighted by Crippen LogP contribution is 2.35. The molecule has 0 aliphatic heterocycles. The second-order valence-electron chi connectivity index (χ2n) is 5.34. The first kappa shape index (κ1) is 15.8. The number of hydrogen-bond donors (Lipinski definition) is 1. The van der Waals surface area contributed by atoms with Crippen LogP contribution in [0.1, 0.15) is 43.4 Å². The Labute approximate surface area is 123 Å². The number of rotatable bonds is 5. The second kappa shape index (κ2) is 6.48. The molecule has 0 fully saturated rings. The average molecular weight is 295 g/mol. The Morgan fingerprint density at radius 3 is 2.29 bits per heavy atom. The molecule has 1 nitrogen and oxygen atoms in total. The molecule has 2 aromatic carbocycles. The zero-order chi connectivity index (χ0) is 15.5. The van der Waals surface area contributed by atoms with Crippen molar-refractivity contribution < 1.29 is 13.2 Å². The summed E-state index contributed by atoms with van der Waals surface area (Å²) >= 11 is 0. The first-order chi connectivity index (χ1) is 9.95. The van der Waals surface area contributed by atoms with Gasteiger partial charge in [0, 0.05) is 0 Å². The minimum absolute atomic E-state index is 0.150.